The molecule has 2 aromatic rings. The Morgan fingerprint density at radius 1 is 1.33 bits per heavy atom. The molecule has 1 aromatic heterocycles. The summed E-state index contributed by atoms with van der Waals surface area (Å²) in [6.45, 7) is 5.07. The van der Waals surface area contributed by atoms with Crippen molar-refractivity contribution in [3.05, 3.63) is 47.0 Å². The zero-order valence-corrected chi connectivity index (χ0v) is 14.1. The van der Waals surface area contributed by atoms with E-state index in [0.29, 0.717) is 11.4 Å². The number of anilines is 1. The fourth-order valence-corrected chi connectivity index (χ4v) is 2.27. The molecule has 0 aliphatic carbocycles. The number of carbonyl (C=O) groups excluding carboxylic acids is 2. The lowest BCUT2D eigenvalue weighted by molar-refractivity contribution is -0.152. The maximum Gasteiger partial charge on any atom is 0.311 e. The highest BCUT2D eigenvalue weighted by atomic mass is 19.1. The Morgan fingerprint density at radius 3 is 2.58 bits per heavy atom. The van der Waals surface area contributed by atoms with Gasteiger partial charge in [-0.05, 0) is 32.4 Å². The van der Waals surface area contributed by atoms with E-state index in [9.17, 15) is 14.0 Å². The molecule has 128 valence electrons. The number of carbonyl (C=O) groups is 2. The van der Waals surface area contributed by atoms with Gasteiger partial charge in [0.1, 0.15) is 5.82 Å². The molecular weight excluding hydrogens is 313 g/mol. The zero-order chi connectivity index (χ0) is 17.9. The Bertz CT molecular complexity index is 770. The van der Waals surface area contributed by atoms with Crippen LogP contribution in [-0.2, 0) is 27.8 Å². The number of benzene rings is 1. The molecule has 0 unspecified atom stereocenters. The number of rotatable bonds is 5. The van der Waals surface area contributed by atoms with Crippen molar-refractivity contribution in [2.45, 2.75) is 33.3 Å². The van der Waals surface area contributed by atoms with Crippen LogP contribution in [0.15, 0.2) is 24.3 Å². The van der Waals surface area contributed by atoms with Crippen molar-refractivity contribution in [3.63, 3.8) is 0 Å². The Balaban J connectivity index is 1.96. The largest absolute Gasteiger partial charge is 0.452 e. The first-order valence-corrected chi connectivity index (χ1v) is 7.53. The van der Waals surface area contributed by atoms with Gasteiger partial charge in [0.05, 0.1) is 23.5 Å². The molecule has 1 aromatic carbocycles. The predicted octanol–water partition coefficient (Wildman–Crippen LogP) is 2.29. The maximum atomic E-state index is 13.5. The Kier molecular flexibility index (Phi) is 5.33. The highest BCUT2D eigenvalue weighted by Crippen LogP contribution is 2.18. The van der Waals surface area contributed by atoms with Gasteiger partial charge < -0.3 is 10.1 Å². The summed E-state index contributed by atoms with van der Waals surface area (Å²) in [7, 11) is 1.77. The van der Waals surface area contributed by atoms with Gasteiger partial charge in [-0.2, -0.15) is 5.10 Å². The lowest BCUT2D eigenvalue weighted by atomic mass is 10.1. The summed E-state index contributed by atoms with van der Waals surface area (Å²) in [6, 6.07) is 5.95. The minimum Gasteiger partial charge on any atom is -0.452 e. The van der Waals surface area contributed by atoms with Crippen LogP contribution in [0.3, 0.4) is 0 Å². The normalized spacial score (nSPS) is 11.9. The molecule has 0 aliphatic rings. The van der Waals surface area contributed by atoms with Crippen LogP contribution < -0.4 is 5.32 Å². The number of aromatic nitrogens is 2. The predicted molar refractivity (Wildman–Crippen MR) is 87.0 cm³/mol. The quantitative estimate of drug-likeness (QED) is 0.852. The zero-order valence-electron chi connectivity index (χ0n) is 14.1. The smallest absolute Gasteiger partial charge is 0.311 e. The van der Waals surface area contributed by atoms with Crippen LogP contribution in [0.1, 0.15) is 23.9 Å². The molecule has 1 N–H and O–H groups in total. The summed E-state index contributed by atoms with van der Waals surface area (Å²) in [5.74, 6) is -1.60. The fourth-order valence-electron chi connectivity index (χ4n) is 2.27. The number of hydrogen-bond acceptors (Lipinski definition) is 4. The highest BCUT2D eigenvalue weighted by Gasteiger charge is 2.21. The molecule has 0 saturated heterocycles. The van der Waals surface area contributed by atoms with Crippen LogP contribution in [-0.4, -0.2) is 27.8 Å². The molecule has 0 saturated carbocycles. The fraction of sp³-hybridized carbons (Fsp3) is 0.353. The third-order valence-electron chi connectivity index (χ3n) is 3.73. The number of ether oxygens (including phenoxy) is 1. The van der Waals surface area contributed by atoms with E-state index in [1.165, 1.54) is 19.1 Å². The molecular formula is C17H20FN3O3. The molecule has 1 amide bonds. The summed E-state index contributed by atoms with van der Waals surface area (Å²) >= 11 is 0. The molecule has 7 heteroatoms. The van der Waals surface area contributed by atoms with Crippen molar-refractivity contribution < 1.29 is 18.7 Å². The van der Waals surface area contributed by atoms with Crippen LogP contribution in [0, 0.1) is 19.7 Å². The van der Waals surface area contributed by atoms with Gasteiger partial charge in [-0.1, -0.05) is 18.2 Å². The third-order valence-corrected chi connectivity index (χ3v) is 3.73. The van der Waals surface area contributed by atoms with Gasteiger partial charge in [0, 0.05) is 7.05 Å². The number of nitrogens with zero attached hydrogens (tertiary/aromatic N) is 2. The summed E-state index contributed by atoms with van der Waals surface area (Å²) in [4.78, 5) is 24.1. The minimum absolute atomic E-state index is 0.227. The van der Waals surface area contributed by atoms with Gasteiger partial charge >= 0.3 is 5.97 Å². The van der Waals surface area contributed by atoms with Crippen LogP contribution in [0.4, 0.5) is 10.1 Å². The van der Waals surface area contributed by atoms with E-state index in [1.54, 1.807) is 30.8 Å². The topological polar surface area (TPSA) is 73.2 Å². The van der Waals surface area contributed by atoms with Crippen LogP contribution in [0.5, 0.6) is 0 Å². The van der Waals surface area contributed by atoms with Crippen LogP contribution >= 0.6 is 0 Å². The van der Waals surface area contributed by atoms with E-state index in [2.05, 4.69) is 10.4 Å². The second-order valence-corrected chi connectivity index (χ2v) is 5.56. The lowest BCUT2D eigenvalue weighted by Crippen LogP contribution is -2.31. The van der Waals surface area contributed by atoms with E-state index in [4.69, 9.17) is 4.74 Å². The van der Waals surface area contributed by atoms with Gasteiger partial charge in [0.2, 0.25) is 0 Å². The molecule has 24 heavy (non-hydrogen) atoms. The number of nitrogens with one attached hydrogen (secondary N) is 1. The van der Waals surface area contributed by atoms with Crippen molar-refractivity contribution in [2.24, 2.45) is 7.05 Å². The molecule has 6 nitrogen and oxygen atoms in total. The molecule has 0 fully saturated rings. The van der Waals surface area contributed by atoms with Crippen molar-refractivity contribution in [1.29, 1.82) is 0 Å². The maximum absolute atomic E-state index is 13.5. The molecule has 0 aliphatic heterocycles. The summed E-state index contributed by atoms with van der Waals surface area (Å²) < 4.78 is 20.3. The van der Waals surface area contributed by atoms with E-state index < -0.39 is 23.8 Å². The Hall–Kier alpha value is -2.70. The lowest BCUT2D eigenvalue weighted by Gasteiger charge is -2.14. The second-order valence-electron chi connectivity index (χ2n) is 5.56. The van der Waals surface area contributed by atoms with E-state index in [-0.39, 0.29) is 12.0 Å². The number of halogens is 1. The van der Waals surface area contributed by atoms with E-state index in [0.717, 1.165) is 5.69 Å². The first-order valence-electron chi connectivity index (χ1n) is 7.53. The third kappa shape index (κ3) is 3.98. The standard InChI is InChI=1S/C17H20FN3O3/c1-10-16(11(2)21(4)20-10)19-17(23)12(3)24-15(22)9-13-7-5-6-8-14(13)18/h5-8,12H,9H2,1-4H3,(H,19,23)/t12-/m1/s1. The van der Waals surface area contributed by atoms with Gasteiger partial charge in [0.25, 0.3) is 5.91 Å². The summed E-state index contributed by atoms with van der Waals surface area (Å²) in [5, 5.41) is 6.91. The van der Waals surface area contributed by atoms with Crippen molar-refractivity contribution >= 4 is 17.6 Å². The number of hydrogen-bond donors (Lipinski definition) is 1. The molecule has 0 bridgehead atoms. The highest BCUT2D eigenvalue weighted by molar-refractivity contribution is 5.96. The van der Waals surface area contributed by atoms with Gasteiger partial charge in [-0.25, -0.2) is 4.39 Å². The number of amides is 1. The number of esters is 1. The average Bonchev–Trinajstić information content (AvgIpc) is 2.75. The molecule has 1 atom stereocenters. The summed E-state index contributed by atoms with van der Waals surface area (Å²) in [5.41, 5.74) is 2.30. The molecule has 0 spiro atoms. The number of aryl methyl sites for hydroxylation is 2. The van der Waals surface area contributed by atoms with Gasteiger partial charge in [0.15, 0.2) is 6.10 Å². The first kappa shape index (κ1) is 17.7. The molecule has 0 radical (unpaired) electrons. The average molecular weight is 333 g/mol. The van der Waals surface area contributed by atoms with Gasteiger partial charge in [-0.15, -0.1) is 0 Å². The minimum atomic E-state index is -0.997. The van der Waals surface area contributed by atoms with Crippen LogP contribution in [0.25, 0.3) is 0 Å². The van der Waals surface area contributed by atoms with Crippen molar-refractivity contribution in [1.82, 2.24) is 9.78 Å². The molecule has 1 heterocycles. The van der Waals surface area contributed by atoms with Crippen LogP contribution in [0.2, 0.25) is 0 Å². The Labute approximate surface area is 139 Å². The Morgan fingerprint density at radius 2 is 2.00 bits per heavy atom. The molecule has 2 rings (SSSR count). The van der Waals surface area contributed by atoms with Crippen molar-refractivity contribution in [2.75, 3.05) is 5.32 Å². The second kappa shape index (κ2) is 7.25. The monoisotopic (exact) mass is 333 g/mol. The SMILES string of the molecule is Cc1nn(C)c(C)c1NC(=O)[C@@H](C)OC(=O)Cc1ccccc1F. The van der Waals surface area contributed by atoms with E-state index >= 15 is 0 Å². The van der Waals surface area contributed by atoms with Gasteiger partial charge in [-0.3, -0.25) is 14.3 Å². The first-order chi connectivity index (χ1) is 11.3. The van der Waals surface area contributed by atoms with Crippen molar-refractivity contribution in [3.8, 4) is 0 Å². The summed E-state index contributed by atoms with van der Waals surface area (Å²) in [6.07, 6.45) is -1.22. The van der Waals surface area contributed by atoms with E-state index in [1.807, 2.05) is 6.92 Å².